The van der Waals surface area contributed by atoms with E-state index in [-0.39, 0.29) is 7.43 Å². The molecule has 4 N–H and O–H groups in total. The second-order valence-electron chi connectivity index (χ2n) is 18.5. The molecule has 0 radical (unpaired) electrons. The van der Waals surface area contributed by atoms with E-state index in [1.807, 2.05) is 71.3 Å². The molecular weight excluding hydrogens is 1320 g/mol. The van der Waals surface area contributed by atoms with E-state index < -0.39 is 0 Å². The van der Waals surface area contributed by atoms with E-state index in [0.717, 1.165) is 142 Å². The molecule has 10 aromatic rings. The molecule has 0 aliphatic carbocycles. The SMILES string of the molecule is C.CCn1nc(C(C)C)cc1Cc1nc(C)nc2[nH]c3cc(-c4c(C)noc4C)c(OC)cc3c12.CCn1nc(C(C)C)cc1N.COc1cc2c(cc1-c1c(C)noc1C)[nH]c1nc(C)nc(Cl)c12.S=S=S=S=S=S=S=S=S=S=S=S=S. The van der Waals surface area contributed by atoms with Gasteiger partial charge in [-0.15, -0.1) is 0 Å². The number of H-pyrrole nitrogens is 2. The largest absolute Gasteiger partial charge is 0.496 e. The van der Waals surface area contributed by atoms with Gasteiger partial charge in [-0.3, -0.25) is 9.36 Å². The van der Waals surface area contributed by atoms with Crippen molar-refractivity contribution in [2.75, 3.05) is 20.0 Å². The molecule has 2 aromatic carbocycles. The Bertz CT molecular complexity index is 4430. The number of anilines is 1. The fourth-order valence-corrected chi connectivity index (χ4v) is 33.9. The van der Waals surface area contributed by atoms with Gasteiger partial charge in [0, 0.05) is 190 Å². The summed E-state index contributed by atoms with van der Waals surface area (Å²) < 4.78 is 26.0. The molecule has 83 heavy (non-hydrogen) atoms. The number of aromatic amines is 2. The second kappa shape index (κ2) is 31.8. The number of aromatic nitrogens is 12. The summed E-state index contributed by atoms with van der Waals surface area (Å²) in [5.41, 5.74) is 18.8. The Hall–Kier alpha value is -4.41. The first-order valence-corrected chi connectivity index (χ1v) is 41.5. The first kappa shape index (κ1) is 67.7. The summed E-state index contributed by atoms with van der Waals surface area (Å²) in [5.74, 6) is 5.94. The lowest BCUT2D eigenvalue weighted by Gasteiger charge is -2.10. The van der Waals surface area contributed by atoms with E-state index in [1.54, 1.807) is 94.1 Å². The number of nitrogens with two attached hydrogens (primary N) is 1. The Balaban J connectivity index is 0.000000196. The predicted molar refractivity (Wildman–Crippen MR) is 374 cm³/mol. The molecule has 0 aliphatic rings. The van der Waals surface area contributed by atoms with Gasteiger partial charge < -0.3 is 34.2 Å². The van der Waals surface area contributed by atoms with Gasteiger partial charge in [0.15, 0.2) is 0 Å². The third-order valence-corrected chi connectivity index (χ3v) is 35.0. The van der Waals surface area contributed by atoms with E-state index in [4.69, 9.17) is 73.3 Å². The van der Waals surface area contributed by atoms with Gasteiger partial charge in [-0.05, 0) is 97.6 Å². The Labute approximate surface area is 528 Å². The maximum Gasteiger partial charge on any atom is 0.143 e. The zero-order chi connectivity index (χ0) is 59.4. The average molecular weight is 1390 g/mol. The molecule has 0 bridgehead atoms. The molecule has 0 amide bonds. The Morgan fingerprint density at radius 3 is 1.45 bits per heavy atom. The number of hydrogen-bond acceptors (Lipinski definition) is 15. The number of methoxy groups -OCH3 is 2. The maximum atomic E-state index is 6.33. The van der Waals surface area contributed by atoms with Crippen LogP contribution in [0.25, 0.3) is 66.1 Å². The summed E-state index contributed by atoms with van der Waals surface area (Å²) in [7, 11) is 21.4. The monoisotopic (exact) mass is 1390 g/mol. The number of ether oxygens (including phenoxy) is 2. The van der Waals surface area contributed by atoms with Gasteiger partial charge in [-0.2, -0.15) is 10.2 Å². The highest BCUT2D eigenvalue weighted by atomic mass is 35.5. The van der Waals surface area contributed by atoms with E-state index in [9.17, 15) is 0 Å². The molecule has 0 aliphatic heterocycles. The molecule has 446 valence electrons. The summed E-state index contributed by atoms with van der Waals surface area (Å²) in [5, 5.41) is 21.4. The molecule has 17 nitrogen and oxygen atoms in total. The zero-order valence-electron chi connectivity index (χ0n) is 47.1. The van der Waals surface area contributed by atoms with Gasteiger partial charge in [0.2, 0.25) is 0 Å². The first-order chi connectivity index (χ1) is 39.4. The molecule has 0 saturated carbocycles. The number of halogens is 1. The minimum absolute atomic E-state index is 0. The Kier molecular flexibility index (Phi) is 26.0. The standard InChI is InChI=1S/C26H30N6O2.C17H15ClN4O2.C8H15N3.CH4.S13/c1-8-32-17(9-20(30-32)13(2)3)10-22-25-18-12-23(33-7)19(24-14(4)31-34-15(24)5)11-21(18)29-26(25)28-16(6)27-22;1-7-14(8(2)24-22-7)11-5-12-10(6-13(11)23-4)15-16(18)19-9(3)20-17(15)21-12;1-4-11-8(9)5-7(10-11)6(2)3;;1-3-5-7-9-11-13-12-10-8-6-4-2/h9,11-13H,8,10H2,1-7H3,(H,27,28,29);5-6H,1-4H3,(H,19,20,21);5-6H,4,9H2,1-3H3;1H4;. The molecule has 0 saturated heterocycles. The molecule has 8 heterocycles. The van der Waals surface area contributed by atoms with Crippen molar-refractivity contribution in [1.82, 2.24) is 59.8 Å². The normalized spacial score (nSPS) is 10.8. The molecule has 0 spiro atoms. The van der Waals surface area contributed by atoms with Crippen molar-refractivity contribution in [3.8, 4) is 33.8 Å². The van der Waals surface area contributed by atoms with Gasteiger partial charge >= 0.3 is 0 Å². The smallest absolute Gasteiger partial charge is 0.143 e. The van der Waals surface area contributed by atoms with Gasteiger partial charge in [-0.25, -0.2) is 19.9 Å². The van der Waals surface area contributed by atoms with Crippen molar-refractivity contribution in [1.29, 1.82) is 0 Å². The molecule has 0 atom stereocenters. The van der Waals surface area contributed by atoms with Crippen LogP contribution in [0.1, 0.15) is 118 Å². The van der Waals surface area contributed by atoms with Crippen LogP contribution in [0.15, 0.2) is 45.4 Å². The maximum absolute atomic E-state index is 6.33. The molecular formula is C52H64ClN13O4S13. The third-order valence-electron chi connectivity index (χ3n) is 12.5. The topological polar surface area (TPSA) is 215 Å². The molecule has 0 unspecified atom stereocenters. The van der Waals surface area contributed by atoms with Crippen molar-refractivity contribution in [2.24, 2.45) is 0 Å². The summed E-state index contributed by atoms with van der Waals surface area (Å²) >= 11 is 15.7. The fourth-order valence-electron chi connectivity index (χ4n) is 8.94. The van der Waals surface area contributed by atoms with Crippen LogP contribution in [0, 0.1) is 41.5 Å². The number of rotatable bonds is 10. The average Bonchev–Trinajstić information content (AvgIpc) is 2.44. The van der Waals surface area contributed by atoms with E-state index in [0.29, 0.717) is 34.9 Å². The highest BCUT2D eigenvalue weighted by Crippen LogP contribution is 2.42. The number of nitrogens with zero attached hydrogens (tertiary/aromatic N) is 10. The number of aryl methyl sites for hydroxylation is 8. The first-order valence-electron chi connectivity index (χ1n) is 25.1. The van der Waals surface area contributed by atoms with Gasteiger partial charge in [0.1, 0.15) is 56.9 Å². The van der Waals surface area contributed by atoms with Gasteiger partial charge in [0.05, 0.1) is 59.2 Å². The minimum atomic E-state index is 0. The van der Waals surface area contributed by atoms with Crippen LogP contribution in [0.3, 0.4) is 0 Å². The highest BCUT2D eigenvalue weighted by Gasteiger charge is 2.23. The van der Waals surface area contributed by atoms with E-state index >= 15 is 0 Å². The van der Waals surface area contributed by atoms with Gasteiger partial charge in [-0.1, -0.05) is 57.0 Å². The van der Waals surface area contributed by atoms with Gasteiger partial charge in [0.25, 0.3) is 0 Å². The lowest BCUT2D eigenvalue weighted by molar-refractivity contribution is 0.393. The Morgan fingerprint density at radius 1 is 0.602 bits per heavy atom. The molecule has 31 heteroatoms. The van der Waals surface area contributed by atoms with Crippen LogP contribution in [-0.4, -0.2) is 74.0 Å². The lowest BCUT2D eigenvalue weighted by atomic mass is 10.00. The molecule has 10 rings (SSSR count). The molecule has 0 fully saturated rings. The quantitative estimate of drug-likeness (QED) is 0.109. The number of fused-ring (bicyclic) bond motifs is 6. The van der Waals surface area contributed by atoms with Crippen LogP contribution in [0.2, 0.25) is 5.15 Å². The van der Waals surface area contributed by atoms with Crippen LogP contribution in [0.4, 0.5) is 5.82 Å². The zero-order valence-corrected chi connectivity index (χ0v) is 58.5. The molecule has 8 aromatic heterocycles. The van der Waals surface area contributed by atoms with Crippen LogP contribution < -0.4 is 15.2 Å². The lowest BCUT2D eigenvalue weighted by Crippen LogP contribution is -2.06. The van der Waals surface area contributed by atoms with Crippen molar-refractivity contribution in [3.63, 3.8) is 0 Å². The van der Waals surface area contributed by atoms with Crippen molar-refractivity contribution < 1.29 is 18.5 Å². The number of nitrogen functional groups attached to an aromatic ring is 1. The van der Waals surface area contributed by atoms with E-state index in [2.05, 4.69) is 92.8 Å². The summed E-state index contributed by atoms with van der Waals surface area (Å²) in [6.45, 7) is 25.8. The summed E-state index contributed by atoms with van der Waals surface area (Å²) in [6.07, 6.45) is 0.675. The number of benzene rings is 2. The minimum Gasteiger partial charge on any atom is -0.496 e. The van der Waals surface area contributed by atoms with Crippen molar-refractivity contribution in [3.05, 3.63) is 98.9 Å². The predicted octanol–water partition coefficient (Wildman–Crippen LogP) is 12.2. The summed E-state index contributed by atoms with van der Waals surface area (Å²) in [4.78, 5) is 25.1. The van der Waals surface area contributed by atoms with Crippen LogP contribution in [0.5, 0.6) is 11.5 Å². The number of nitrogens with one attached hydrogen (secondary N) is 2. The fraction of sp³-hybridized carbons (Fsp3) is 0.385. The van der Waals surface area contributed by atoms with Crippen LogP contribution >= 0.6 is 11.6 Å². The Morgan fingerprint density at radius 2 is 1.04 bits per heavy atom. The van der Waals surface area contributed by atoms with Crippen molar-refractivity contribution in [2.45, 2.75) is 122 Å². The second-order valence-corrected chi connectivity index (χ2v) is 38.3. The number of hydrogen-bond donors (Lipinski definition) is 3. The van der Waals surface area contributed by atoms with Crippen LogP contribution in [-0.2, 0) is 140 Å². The van der Waals surface area contributed by atoms with Crippen molar-refractivity contribution >= 4 is 181 Å². The third kappa shape index (κ3) is 16.6. The summed E-state index contributed by atoms with van der Waals surface area (Å²) in [6, 6.07) is 12.2. The van der Waals surface area contributed by atoms with E-state index in [1.165, 1.54) is 17.8 Å². The highest BCUT2D eigenvalue weighted by molar-refractivity contribution is 8.75.